The summed E-state index contributed by atoms with van der Waals surface area (Å²) in [5.74, 6) is -1.31. The Hall–Kier alpha value is -1.22. The van der Waals surface area contributed by atoms with Crippen molar-refractivity contribution in [3.05, 3.63) is 30.3 Å². The molecule has 1 aromatic rings. The molecular formula is C21H31NO6. The fourth-order valence-corrected chi connectivity index (χ4v) is 4.01. The Kier molecular flexibility index (Phi) is 5.41. The Labute approximate surface area is 166 Å². The van der Waals surface area contributed by atoms with Crippen LogP contribution in [0.3, 0.4) is 0 Å². The Balaban J connectivity index is 1.40. The molecule has 156 valence electrons. The van der Waals surface area contributed by atoms with Gasteiger partial charge in [-0.25, -0.2) is 0 Å². The molecule has 0 spiro atoms. The van der Waals surface area contributed by atoms with Gasteiger partial charge >= 0.3 is 0 Å². The Morgan fingerprint density at radius 2 is 1.75 bits per heavy atom. The molecule has 7 heteroatoms. The molecule has 0 radical (unpaired) electrons. The fourth-order valence-electron chi connectivity index (χ4n) is 4.01. The summed E-state index contributed by atoms with van der Waals surface area (Å²) in [7, 11) is 2.05. The molecule has 3 fully saturated rings. The van der Waals surface area contributed by atoms with Gasteiger partial charge in [-0.05, 0) is 39.8 Å². The third-order valence-corrected chi connectivity index (χ3v) is 5.36. The maximum atomic E-state index is 6.29. The number of anilines is 1. The van der Waals surface area contributed by atoms with Gasteiger partial charge in [0.2, 0.25) is 0 Å². The van der Waals surface area contributed by atoms with E-state index in [-0.39, 0.29) is 24.4 Å². The molecule has 7 nitrogen and oxygen atoms in total. The van der Waals surface area contributed by atoms with E-state index in [0.29, 0.717) is 13.2 Å². The van der Waals surface area contributed by atoms with E-state index in [4.69, 9.17) is 28.4 Å². The number of para-hydroxylation sites is 1. The second-order valence-corrected chi connectivity index (χ2v) is 8.53. The first-order valence-corrected chi connectivity index (χ1v) is 9.95. The molecule has 0 aliphatic carbocycles. The van der Waals surface area contributed by atoms with Gasteiger partial charge in [-0.2, -0.15) is 0 Å². The number of hydrogen-bond donors (Lipinski definition) is 0. The standard InChI is InChI=1S/C21H31NO6/c1-20(2)24-13-15(26-20)16-17(18-19(25-16)28-21(3,4)27-18)23-12-11-22(5)14-9-7-6-8-10-14/h6-10,15-19H,11-13H2,1-5H3/t15?,16-,17+,18-,19-/m1/s1. The van der Waals surface area contributed by atoms with Gasteiger partial charge in [0.25, 0.3) is 0 Å². The van der Waals surface area contributed by atoms with E-state index in [2.05, 4.69) is 24.1 Å². The van der Waals surface area contributed by atoms with Crippen LogP contribution in [0, 0.1) is 0 Å². The second-order valence-electron chi connectivity index (χ2n) is 8.53. The molecular weight excluding hydrogens is 362 g/mol. The Bertz CT molecular complexity index is 666. The molecule has 1 unspecified atom stereocenters. The zero-order valence-electron chi connectivity index (χ0n) is 17.3. The zero-order valence-corrected chi connectivity index (χ0v) is 17.3. The molecule has 3 saturated heterocycles. The average Bonchev–Trinajstić information content (AvgIpc) is 3.25. The first-order chi connectivity index (χ1) is 13.2. The van der Waals surface area contributed by atoms with Crippen LogP contribution in [0.1, 0.15) is 27.7 Å². The van der Waals surface area contributed by atoms with Gasteiger partial charge in [0.1, 0.15) is 24.4 Å². The SMILES string of the molecule is CN(CCO[C@@H]1[C@H]2OC(C)(C)O[C@H]2O[C@@H]1C1COC(C)(C)O1)c1ccccc1. The molecule has 0 saturated carbocycles. The highest BCUT2D eigenvalue weighted by atomic mass is 16.8. The van der Waals surface area contributed by atoms with Crippen LogP contribution >= 0.6 is 0 Å². The third-order valence-electron chi connectivity index (χ3n) is 5.36. The van der Waals surface area contributed by atoms with Crippen molar-refractivity contribution in [2.75, 3.05) is 31.7 Å². The van der Waals surface area contributed by atoms with Crippen LogP contribution in [-0.2, 0) is 28.4 Å². The van der Waals surface area contributed by atoms with Gasteiger partial charge in [0, 0.05) is 19.3 Å². The Morgan fingerprint density at radius 1 is 1.00 bits per heavy atom. The normalized spacial score (nSPS) is 35.8. The van der Waals surface area contributed by atoms with E-state index in [0.717, 1.165) is 12.2 Å². The predicted octanol–water partition coefficient (Wildman–Crippen LogP) is 2.54. The summed E-state index contributed by atoms with van der Waals surface area (Å²) in [5, 5.41) is 0. The lowest BCUT2D eigenvalue weighted by Gasteiger charge is -2.29. The van der Waals surface area contributed by atoms with E-state index in [1.54, 1.807) is 0 Å². The van der Waals surface area contributed by atoms with Crippen LogP contribution in [0.5, 0.6) is 0 Å². The molecule has 3 heterocycles. The molecule has 3 aliphatic rings. The van der Waals surface area contributed by atoms with Crippen LogP contribution in [0.25, 0.3) is 0 Å². The molecule has 4 rings (SSSR count). The summed E-state index contributed by atoms with van der Waals surface area (Å²) in [6.07, 6.45) is -1.53. The monoisotopic (exact) mass is 393 g/mol. The van der Waals surface area contributed by atoms with E-state index < -0.39 is 17.9 Å². The quantitative estimate of drug-likeness (QED) is 0.736. The largest absolute Gasteiger partial charge is 0.372 e. The van der Waals surface area contributed by atoms with Crippen LogP contribution in [0.2, 0.25) is 0 Å². The highest BCUT2D eigenvalue weighted by molar-refractivity contribution is 5.44. The zero-order chi connectivity index (χ0) is 19.9. The lowest BCUT2D eigenvalue weighted by molar-refractivity contribution is -0.235. The average molecular weight is 393 g/mol. The fraction of sp³-hybridized carbons (Fsp3) is 0.714. The lowest BCUT2D eigenvalue weighted by Crippen LogP contribution is -2.45. The predicted molar refractivity (Wildman–Crippen MR) is 103 cm³/mol. The first kappa shape index (κ1) is 20.1. The van der Waals surface area contributed by atoms with Crippen molar-refractivity contribution >= 4 is 5.69 Å². The smallest absolute Gasteiger partial charge is 0.190 e. The first-order valence-electron chi connectivity index (χ1n) is 9.95. The summed E-state index contributed by atoms with van der Waals surface area (Å²) >= 11 is 0. The third kappa shape index (κ3) is 4.20. The Morgan fingerprint density at radius 3 is 2.43 bits per heavy atom. The number of ether oxygens (including phenoxy) is 6. The minimum absolute atomic E-state index is 0.215. The number of nitrogens with zero attached hydrogens (tertiary/aromatic N) is 1. The van der Waals surface area contributed by atoms with Crippen molar-refractivity contribution in [1.82, 2.24) is 0 Å². The number of fused-ring (bicyclic) bond motifs is 1. The number of rotatable bonds is 6. The molecule has 5 atom stereocenters. The summed E-state index contributed by atoms with van der Waals surface area (Å²) < 4.78 is 36.2. The van der Waals surface area contributed by atoms with Crippen LogP contribution in [0.4, 0.5) is 5.69 Å². The maximum Gasteiger partial charge on any atom is 0.190 e. The van der Waals surface area contributed by atoms with Crippen LogP contribution < -0.4 is 4.90 Å². The summed E-state index contributed by atoms with van der Waals surface area (Å²) in [4.78, 5) is 2.16. The second kappa shape index (κ2) is 7.55. The topological polar surface area (TPSA) is 58.6 Å². The summed E-state index contributed by atoms with van der Waals surface area (Å²) in [6, 6.07) is 10.2. The minimum atomic E-state index is -0.685. The van der Waals surface area contributed by atoms with Crippen molar-refractivity contribution in [3.63, 3.8) is 0 Å². The van der Waals surface area contributed by atoms with E-state index in [1.807, 2.05) is 45.9 Å². The number of benzene rings is 1. The molecule has 0 N–H and O–H groups in total. The van der Waals surface area contributed by atoms with Crippen LogP contribution in [-0.4, -0.2) is 69.1 Å². The van der Waals surface area contributed by atoms with E-state index in [1.165, 1.54) is 0 Å². The molecule has 0 bridgehead atoms. The molecule has 3 aliphatic heterocycles. The van der Waals surface area contributed by atoms with Crippen molar-refractivity contribution in [2.45, 2.75) is 70.0 Å². The molecule has 1 aromatic carbocycles. The van der Waals surface area contributed by atoms with Crippen molar-refractivity contribution < 1.29 is 28.4 Å². The van der Waals surface area contributed by atoms with Crippen LogP contribution in [0.15, 0.2) is 30.3 Å². The minimum Gasteiger partial charge on any atom is -0.372 e. The van der Waals surface area contributed by atoms with Gasteiger partial charge in [0.15, 0.2) is 17.9 Å². The van der Waals surface area contributed by atoms with Gasteiger partial charge in [-0.3, -0.25) is 0 Å². The summed E-state index contributed by atoms with van der Waals surface area (Å²) in [6.45, 7) is 9.35. The lowest BCUT2D eigenvalue weighted by atomic mass is 10.1. The highest BCUT2D eigenvalue weighted by Gasteiger charge is 2.58. The maximum absolute atomic E-state index is 6.29. The van der Waals surface area contributed by atoms with Gasteiger partial charge in [0.05, 0.1) is 13.2 Å². The van der Waals surface area contributed by atoms with Gasteiger partial charge < -0.3 is 33.3 Å². The van der Waals surface area contributed by atoms with Gasteiger partial charge in [-0.15, -0.1) is 0 Å². The highest BCUT2D eigenvalue weighted by Crippen LogP contribution is 2.41. The van der Waals surface area contributed by atoms with Crippen molar-refractivity contribution in [2.24, 2.45) is 0 Å². The number of hydrogen-bond acceptors (Lipinski definition) is 7. The molecule has 0 amide bonds. The van der Waals surface area contributed by atoms with E-state index in [9.17, 15) is 0 Å². The summed E-state index contributed by atoms with van der Waals surface area (Å²) in [5.41, 5.74) is 1.15. The van der Waals surface area contributed by atoms with Gasteiger partial charge in [-0.1, -0.05) is 18.2 Å². The number of likely N-dealkylation sites (N-methyl/N-ethyl adjacent to an activating group) is 1. The van der Waals surface area contributed by atoms with Crippen molar-refractivity contribution in [3.8, 4) is 0 Å². The van der Waals surface area contributed by atoms with Crippen molar-refractivity contribution in [1.29, 1.82) is 0 Å². The molecule has 28 heavy (non-hydrogen) atoms. The molecule has 0 aromatic heterocycles. The van der Waals surface area contributed by atoms with E-state index >= 15 is 0 Å².